The van der Waals surface area contributed by atoms with Crippen LogP contribution < -0.4 is 0 Å². The summed E-state index contributed by atoms with van der Waals surface area (Å²) in [5, 5.41) is 0. The summed E-state index contributed by atoms with van der Waals surface area (Å²) in [7, 11) is 1.41. The number of hydrogen-bond donors (Lipinski definition) is 1. The molecule has 10 heteroatoms. The molecule has 0 rings (SSSR count). The van der Waals surface area contributed by atoms with Crippen LogP contribution in [0, 0.1) is 0 Å². The van der Waals surface area contributed by atoms with Crippen LogP contribution in [0.25, 0.3) is 0 Å². The maximum Gasteiger partial charge on any atom is 0.472 e. The molecule has 0 radical (unpaired) electrons. The Hall–Kier alpha value is -3.07. The minimum absolute atomic E-state index is 0.0133. The zero-order valence-electron chi connectivity index (χ0n) is 35.6. The van der Waals surface area contributed by atoms with Gasteiger partial charge >= 0.3 is 19.8 Å². The van der Waals surface area contributed by atoms with E-state index in [-0.39, 0.29) is 26.1 Å². The van der Waals surface area contributed by atoms with E-state index in [4.69, 9.17) is 18.5 Å². The second-order valence-electron chi connectivity index (χ2n) is 14.6. The molecule has 0 aromatic rings. The molecule has 0 aliphatic heterocycles. The molecule has 0 aliphatic carbocycles. The number of carbonyl (C=O) groups is 2. The standard InChI is InChI=1S/C46H76NO8P/c1-6-8-10-12-14-16-18-20-22-23-25-26-28-30-32-34-36-38-45(48)52-42-44(43-54-56(50,51)53-41-40-47(3,4)5)55-46(49)39-37-35-33-31-29-27-24-21-19-17-15-13-11-9-7-2/h8-11,14-17,20-22,24-26,29,31,44H,6-7,12-13,18-19,23,27-28,30,32-43H2,1-5H3/p+1/b10-8-,11-9-,16-14-,17-15-,22-20-,24-21-,26-25-,31-29-/t44-/m1/s1. The van der Waals surface area contributed by atoms with E-state index in [1.165, 1.54) is 0 Å². The van der Waals surface area contributed by atoms with Gasteiger partial charge in [0.25, 0.3) is 0 Å². The third-order valence-electron chi connectivity index (χ3n) is 8.11. The van der Waals surface area contributed by atoms with Crippen molar-refractivity contribution in [2.75, 3.05) is 47.5 Å². The molecular weight excluding hydrogens is 725 g/mol. The fraction of sp³-hybridized carbons (Fsp3) is 0.609. The highest BCUT2D eigenvalue weighted by molar-refractivity contribution is 7.47. The van der Waals surface area contributed by atoms with E-state index >= 15 is 0 Å². The van der Waals surface area contributed by atoms with Gasteiger partial charge in [0.15, 0.2) is 6.10 Å². The lowest BCUT2D eigenvalue weighted by molar-refractivity contribution is -0.870. The second-order valence-corrected chi connectivity index (χ2v) is 16.1. The number of rotatable bonds is 36. The van der Waals surface area contributed by atoms with Gasteiger partial charge in [-0.15, -0.1) is 0 Å². The minimum atomic E-state index is -4.40. The molecule has 0 saturated carbocycles. The van der Waals surface area contributed by atoms with Crippen molar-refractivity contribution in [3.05, 3.63) is 97.2 Å². The van der Waals surface area contributed by atoms with Gasteiger partial charge in [-0.3, -0.25) is 18.6 Å². The van der Waals surface area contributed by atoms with Crippen molar-refractivity contribution < 1.29 is 42.1 Å². The molecule has 0 aromatic heterocycles. The Labute approximate surface area is 341 Å². The first-order valence-electron chi connectivity index (χ1n) is 21.0. The molecule has 318 valence electrons. The topological polar surface area (TPSA) is 108 Å². The minimum Gasteiger partial charge on any atom is -0.462 e. The van der Waals surface area contributed by atoms with E-state index in [1.807, 2.05) is 21.1 Å². The molecule has 0 bridgehead atoms. The van der Waals surface area contributed by atoms with Crippen LogP contribution in [0.15, 0.2) is 97.2 Å². The van der Waals surface area contributed by atoms with Gasteiger partial charge in [0.2, 0.25) is 0 Å². The van der Waals surface area contributed by atoms with Gasteiger partial charge in [-0.05, 0) is 89.9 Å². The van der Waals surface area contributed by atoms with Crippen molar-refractivity contribution >= 4 is 19.8 Å². The number of esters is 2. The maximum absolute atomic E-state index is 12.7. The van der Waals surface area contributed by atoms with Gasteiger partial charge < -0.3 is 18.9 Å². The predicted molar refractivity (Wildman–Crippen MR) is 233 cm³/mol. The highest BCUT2D eigenvalue weighted by Crippen LogP contribution is 2.43. The van der Waals surface area contributed by atoms with Crippen molar-refractivity contribution in [2.45, 2.75) is 136 Å². The van der Waals surface area contributed by atoms with Crippen molar-refractivity contribution in [2.24, 2.45) is 0 Å². The Bertz CT molecular complexity index is 1270. The fourth-order valence-electron chi connectivity index (χ4n) is 4.88. The Morgan fingerprint density at radius 2 is 0.964 bits per heavy atom. The van der Waals surface area contributed by atoms with Crippen molar-refractivity contribution in [1.29, 1.82) is 0 Å². The monoisotopic (exact) mass is 803 g/mol. The zero-order valence-corrected chi connectivity index (χ0v) is 36.5. The normalized spacial score (nSPS) is 14.6. The Morgan fingerprint density at radius 3 is 1.45 bits per heavy atom. The zero-order chi connectivity index (χ0) is 41.4. The number of nitrogens with zero attached hydrogens (tertiary/aromatic N) is 1. The summed E-state index contributed by atoms with van der Waals surface area (Å²) in [6, 6.07) is 0. The van der Waals surface area contributed by atoms with Crippen molar-refractivity contribution in [1.82, 2.24) is 0 Å². The molecule has 1 unspecified atom stereocenters. The van der Waals surface area contributed by atoms with E-state index in [9.17, 15) is 19.0 Å². The van der Waals surface area contributed by atoms with Crippen molar-refractivity contribution in [3.63, 3.8) is 0 Å². The van der Waals surface area contributed by atoms with Gasteiger partial charge in [-0.25, -0.2) is 4.57 Å². The average Bonchev–Trinajstić information content (AvgIpc) is 3.15. The number of ether oxygens (including phenoxy) is 2. The summed E-state index contributed by atoms with van der Waals surface area (Å²) >= 11 is 0. The van der Waals surface area contributed by atoms with Gasteiger partial charge in [-0.2, -0.15) is 0 Å². The molecule has 0 heterocycles. The molecule has 0 fully saturated rings. The summed E-state index contributed by atoms with van der Waals surface area (Å²) in [5.41, 5.74) is 0. The highest BCUT2D eigenvalue weighted by atomic mass is 31.2. The van der Waals surface area contributed by atoms with Crippen LogP contribution in [0.2, 0.25) is 0 Å². The molecule has 0 spiro atoms. The number of unbranched alkanes of at least 4 members (excludes halogenated alkanes) is 6. The van der Waals surface area contributed by atoms with E-state index < -0.39 is 32.5 Å². The van der Waals surface area contributed by atoms with Gasteiger partial charge in [0.1, 0.15) is 19.8 Å². The third-order valence-corrected chi connectivity index (χ3v) is 9.09. The van der Waals surface area contributed by atoms with E-state index in [0.29, 0.717) is 23.9 Å². The highest BCUT2D eigenvalue weighted by Gasteiger charge is 2.27. The lowest BCUT2D eigenvalue weighted by atomic mass is 10.1. The molecule has 56 heavy (non-hydrogen) atoms. The molecular formula is C46H77NO8P+. The van der Waals surface area contributed by atoms with Crippen molar-refractivity contribution in [3.8, 4) is 0 Å². The van der Waals surface area contributed by atoms with Gasteiger partial charge in [0.05, 0.1) is 27.7 Å². The SMILES string of the molecule is CC/C=C\C/C=C\C/C=C\C/C=C\CCCCCCC(=O)OC[C@H](COP(=O)(O)OCC[N+](C)(C)C)OC(=O)CCCC/C=C\C/C=C\C/C=C\C/C=C\CC. The van der Waals surface area contributed by atoms with Gasteiger partial charge in [-0.1, -0.05) is 124 Å². The maximum atomic E-state index is 12.7. The quantitative estimate of drug-likeness (QED) is 0.0219. The first-order valence-corrected chi connectivity index (χ1v) is 22.5. The molecule has 0 aliphatic rings. The number of likely N-dealkylation sites (N-methyl/N-ethyl adjacent to an activating group) is 1. The summed E-state index contributed by atoms with van der Waals surface area (Å²) in [4.78, 5) is 35.3. The van der Waals surface area contributed by atoms with Crippen LogP contribution >= 0.6 is 7.82 Å². The average molecular weight is 803 g/mol. The van der Waals surface area contributed by atoms with Gasteiger partial charge in [0, 0.05) is 12.8 Å². The summed E-state index contributed by atoms with van der Waals surface area (Å²) in [6.07, 6.45) is 48.9. The number of phosphoric acid groups is 1. The number of hydrogen-bond acceptors (Lipinski definition) is 7. The van der Waals surface area contributed by atoms with Crippen LogP contribution in [0.5, 0.6) is 0 Å². The molecule has 9 nitrogen and oxygen atoms in total. The number of phosphoric ester groups is 1. The predicted octanol–water partition coefficient (Wildman–Crippen LogP) is 11.8. The molecule has 2 atom stereocenters. The van der Waals surface area contributed by atoms with Crippen LogP contribution in [0.3, 0.4) is 0 Å². The van der Waals surface area contributed by atoms with Crippen LogP contribution in [-0.2, 0) is 32.7 Å². The van der Waals surface area contributed by atoms with E-state index in [1.54, 1.807) is 0 Å². The first-order chi connectivity index (χ1) is 27.0. The largest absolute Gasteiger partial charge is 0.472 e. The number of quaternary nitrogens is 1. The summed E-state index contributed by atoms with van der Waals surface area (Å²) in [6.45, 7) is 4.08. The smallest absolute Gasteiger partial charge is 0.462 e. The Morgan fingerprint density at radius 1 is 0.554 bits per heavy atom. The molecule has 0 saturated heterocycles. The van der Waals surface area contributed by atoms with Crippen LogP contribution in [-0.4, -0.2) is 74.9 Å². The lowest BCUT2D eigenvalue weighted by Crippen LogP contribution is -2.37. The Kier molecular flexibility index (Phi) is 35.4. The molecule has 1 N–H and O–H groups in total. The van der Waals surface area contributed by atoms with E-state index in [2.05, 4.69) is 111 Å². The molecule has 0 aromatic carbocycles. The first kappa shape index (κ1) is 52.9. The summed E-state index contributed by atoms with van der Waals surface area (Å²) < 4.78 is 34.2. The number of carbonyl (C=O) groups excluding carboxylic acids is 2. The second kappa shape index (κ2) is 37.5. The van der Waals surface area contributed by atoms with Crippen LogP contribution in [0.4, 0.5) is 0 Å². The van der Waals surface area contributed by atoms with E-state index in [0.717, 1.165) is 89.9 Å². The lowest BCUT2D eigenvalue weighted by Gasteiger charge is -2.24. The summed E-state index contributed by atoms with van der Waals surface area (Å²) in [5.74, 6) is -0.888. The number of allylic oxidation sites excluding steroid dienone is 16. The molecule has 0 amide bonds. The Balaban J connectivity index is 4.52. The van der Waals surface area contributed by atoms with Crippen LogP contribution in [0.1, 0.15) is 129 Å². The fourth-order valence-corrected chi connectivity index (χ4v) is 5.62. The third kappa shape index (κ3) is 40.6.